The SMILES string of the molecule is CN(C)c1ccc(C(F)(F)F)cc1NC(=O)/C=C/c1ccco1. The van der Waals surface area contributed by atoms with Crippen LogP contribution in [0.1, 0.15) is 11.3 Å². The van der Waals surface area contributed by atoms with Crippen LogP contribution >= 0.6 is 0 Å². The number of amides is 1. The van der Waals surface area contributed by atoms with Crippen molar-refractivity contribution in [2.75, 3.05) is 24.3 Å². The third kappa shape index (κ3) is 4.38. The lowest BCUT2D eigenvalue weighted by atomic mass is 10.1. The second kappa shape index (κ2) is 6.60. The summed E-state index contributed by atoms with van der Waals surface area (Å²) in [4.78, 5) is 13.5. The lowest BCUT2D eigenvalue weighted by Crippen LogP contribution is -2.16. The van der Waals surface area contributed by atoms with E-state index in [4.69, 9.17) is 4.42 Å². The van der Waals surface area contributed by atoms with E-state index >= 15 is 0 Å². The lowest BCUT2D eigenvalue weighted by molar-refractivity contribution is -0.137. The van der Waals surface area contributed by atoms with E-state index in [1.807, 2.05) is 0 Å². The van der Waals surface area contributed by atoms with Gasteiger partial charge in [-0.2, -0.15) is 13.2 Å². The molecule has 122 valence electrons. The molecule has 1 aromatic carbocycles. The van der Waals surface area contributed by atoms with Crippen molar-refractivity contribution in [3.63, 3.8) is 0 Å². The van der Waals surface area contributed by atoms with Crippen LogP contribution in [0.3, 0.4) is 0 Å². The molecule has 0 aliphatic rings. The van der Waals surface area contributed by atoms with Crippen molar-refractivity contribution >= 4 is 23.4 Å². The van der Waals surface area contributed by atoms with E-state index in [2.05, 4.69) is 5.32 Å². The Hall–Kier alpha value is -2.70. The number of anilines is 2. The fraction of sp³-hybridized carbons (Fsp3) is 0.188. The van der Waals surface area contributed by atoms with Crippen molar-refractivity contribution in [1.82, 2.24) is 0 Å². The summed E-state index contributed by atoms with van der Waals surface area (Å²) in [7, 11) is 3.36. The van der Waals surface area contributed by atoms with Crippen molar-refractivity contribution in [2.45, 2.75) is 6.18 Å². The number of benzene rings is 1. The minimum absolute atomic E-state index is 0.0823. The van der Waals surface area contributed by atoms with E-state index in [9.17, 15) is 18.0 Å². The van der Waals surface area contributed by atoms with Crippen LogP contribution in [-0.4, -0.2) is 20.0 Å². The minimum atomic E-state index is -4.48. The molecule has 2 aromatic rings. The van der Waals surface area contributed by atoms with Gasteiger partial charge in [-0.3, -0.25) is 4.79 Å². The first-order valence-corrected chi connectivity index (χ1v) is 6.68. The topological polar surface area (TPSA) is 45.5 Å². The summed E-state index contributed by atoms with van der Waals surface area (Å²) >= 11 is 0. The number of hydrogen-bond donors (Lipinski definition) is 1. The maximum Gasteiger partial charge on any atom is 0.416 e. The summed E-state index contributed by atoms with van der Waals surface area (Å²) in [6, 6.07) is 6.51. The van der Waals surface area contributed by atoms with Crippen LogP contribution in [0.4, 0.5) is 24.5 Å². The Labute approximate surface area is 131 Å². The van der Waals surface area contributed by atoms with E-state index in [0.29, 0.717) is 11.4 Å². The Bertz CT molecular complexity index is 705. The minimum Gasteiger partial charge on any atom is -0.465 e. The van der Waals surface area contributed by atoms with Crippen LogP contribution in [0.2, 0.25) is 0 Å². The number of nitrogens with one attached hydrogen (secondary N) is 1. The number of alkyl halides is 3. The molecule has 0 aliphatic carbocycles. The van der Waals surface area contributed by atoms with Gasteiger partial charge in [0.1, 0.15) is 5.76 Å². The van der Waals surface area contributed by atoms with Crippen molar-refractivity contribution < 1.29 is 22.4 Å². The van der Waals surface area contributed by atoms with Gasteiger partial charge in [0.25, 0.3) is 0 Å². The molecule has 23 heavy (non-hydrogen) atoms. The summed E-state index contributed by atoms with van der Waals surface area (Å²) in [6.07, 6.45) is -0.403. The molecule has 0 radical (unpaired) electrons. The fourth-order valence-electron chi connectivity index (χ4n) is 1.92. The Morgan fingerprint density at radius 1 is 1.26 bits per heavy atom. The first-order valence-electron chi connectivity index (χ1n) is 6.68. The molecule has 1 heterocycles. The van der Waals surface area contributed by atoms with E-state index in [1.54, 1.807) is 31.1 Å². The largest absolute Gasteiger partial charge is 0.465 e. The molecule has 2 rings (SSSR count). The number of furan rings is 1. The quantitative estimate of drug-likeness (QED) is 0.864. The van der Waals surface area contributed by atoms with Gasteiger partial charge in [-0.1, -0.05) is 0 Å². The lowest BCUT2D eigenvalue weighted by Gasteiger charge is -2.19. The van der Waals surface area contributed by atoms with Gasteiger partial charge >= 0.3 is 6.18 Å². The van der Waals surface area contributed by atoms with Crippen LogP contribution in [0.5, 0.6) is 0 Å². The number of halogens is 3. The normalized spacial score (nSPS) is 11.7. The number of hydrogen-bond acceptors (Lipinski definition) is 3. The molecular weight excluding hydrogens is 309 g/mol. The molecule has 1 amide bonds. The average Bonchev–Trinajstić information content (AvgIpc) is 2.97. The zero-order valence-corrected chi connectivity index (χ0v) is 12.5. The molecule has 0 fully saturated rings. The zero-order valence-electron chi connectivity index (χ0n) is 12.5. The Kier molecular flexibility index (Phi) is 4.78. The highest BCUT2D eigenvalue weighted by atomic mass is 19.4. The van der Waals surface area contributed by atoms with Crippen molar-refractivity contribution in [3.05, 3.63) is 54.0 Å². The molecule has 1 aromatic heterocycles. The van der Waals surface area contributed by atoms with E-state index in [1.165, 1.54) is 24.5 Å². The number of carbonyl (C=O) groups is 1. The molecule has 0 saturated heterocycles. The van der Waals surface area contributed by atoms with Gasteiger partial charge in [-0.05, 0) is 36.4 Å². The molecule has 0 unspecified atom stereocenters. The molecular formula is C16H15F3N2O2. The maximum atomic E-state index is 12.8. The summed E-state index contributed by atoms with van der Waals surface area (Å²) in [6.45, 7) is 0. The molecule has 1 N–H and O–H groups in total. The van der Waals surface area contributed by atoms with Gasteiger partial charge in [-0.25, -0.2) is 0 Å². The Morgan fingerprint density at radius 3 is 2.57 bits per heavy atom. The molecule has 4 nitrogen and oxygen atoms in total. The molecule has 0 aliphatic heterocycles. The highest BCUT2D eigenvalue weighted by molar-refractivity contribution is 6.03. The first kappa shape index (κ1) is 16.7. The number of carbonyl (C=O) groups excluding carboxylic acids is 1. The van der Waals surface area contributed by atoms with Crippen LogP contribution in [0.25, 0.3) is 6.08 Å². The third-order valence-corrected chi connectivity index (χ3v) is 3.01. The fourth-order valence-corrected chi connectivity index (χ4v) is 1.92. The maximum absolute atomic E-state index is 12.8. The smallest absolute Gasteiger partial charge is 0.416 e. The van der Waals surface area contributed by atoms with Gasteiger partial charge in [0.2, 0.25) is 5.91 Å². The summed E-state index contributed by atoms with van der Waals surface area (Å²) in [5.74, 6) is -0.0825. The molecule has 0 saturated carbocycles. The predicted molar refractivity (Wildman–Crippen MR) is 82.1 cm³/mol. The van der Waals surface area contributed by atoms with Crippen molar-refractivity contribution in [3.8, 4) is 0 Å². The number of rotatable bonds is 4. The average molecular weight is 324 g/mol. The summed E-state index contributed by atoms with van der Waals surface area (Å²) in [5.41, 5.74) is -0.273. The van der Waals surface area contributed by atoms with Gasteiger partial charge in [0.15, 0.2) is 0 Å². The summed E-state index contributed by atoms with van der Waals surface area (Å²) in [5, 5.41) is 2.46. The first-order chi connectivity index (χ1) is 10.8. The molecule has 0 spiro atoms. The van der Waals surface area contributed by atoms with Crippen LogP contribution in [0.15, 0.2) is 47.1 Å². The van der Waals surface area contributed by atoms with E-state index in [0.717, 1.165) is 12.1 Å². The van der Waals surface area contributed by atoms with Crippen LogP contribution in [-0.2, 0) is 11.0 Å². The van der Waals surface area contributed by atoms with Crippen molar-refractivity contribution in [2.24, 2.45) is 0 Å². The van der Waals surface area contributed by atoms with Gasteiger partial charge in [0.05, 0.1) is 23.2 Å². The van der Waals surface area contributed by atoms with Crippen molar-refractivity contribution in [1.29, 1.82) is 0 Å². The van der Waals surface area contributed by atoms with Gasteiger partial charge in [-0.15, -0.1) is 0 Å². The van der Waals surface area contributed by atoms with E-state index in [-0.39, 0.29) is 5.69 Å². The van der Waals surface area contributed by atoms with E-state index < -0.39 is 17.6 Å². The molecule has 7 heteroatoms. The highest BCUT2D eigenvalue weighted by Gasteiger charge is 2.31. The number of nitrogens with zero attached hydrogens (tertiary/aromatic N) is 1. The highest BCUT2D eigenvalue weighted by Crippen LogP contribution is 2.34. The second-order valence-corrected chi connectivity index (χ2v) is 4.96. The van der Waals surface area contributed by atoms with Gasteiger partial charge < -0.3 is 14.6 Å². The molecule has 0 atom stereocenters. The Morgan fingerprint density at radius 2 is 2.00 bits per heavy atom. The predicted octanol–water partition coefficient (Wildman–Crippen LogP) is 4.02. The third-order valence-electron chi connectivity index (χ3n) is 3.01. The molecule has 0 bridgehead atoms. The van der Waals surface area contributed by atoms with Gasteiger partial charge in [0, 0.05) is 20.2 Å². The van der Waals surface area contributed by atoms with Crippen LogP contribution < -0.4 is 10.2 Å². The van der Waals surface area contributed by atoms with Crippen LogP contribution in [0, 0.1) is 0 Å². The monoisotopic (exact) mass is 324 g/mol. The second-order valence-electron chi connectivity index (χ2n) is 4.96. The standard InChI is InChI=1S/C16H15F3N2O2/c1-21(2)14-7-5-11(16(17,18)19)10-13(14)20-15(22)8-6-12-4-3-9-23-12/h3-10H,1-2H3,(H,20,22)/b8-6+. The zero-order chi connectivity index (χ0) is 17.0. The summed E-state index contributed by atoms with van der Waals surface area (Å²) < 4.78 is 43.5. The Balaban J connectivity index is 2.24.